The van der Waals surface area contributed by atoms with Gasteiger partial charge in [0.25, 0.3) is 5.91 Å². The molecule has 21 heavy (non-hydrogen) atoms. The molecular weight excluding hydrogens is 264 g/mol. The number of rotatable bonds is 2. The van der Waals surface area contributed by atoms with Gasteiger partial charge in [-0.2, -0.15) is 0 Å². The summed E-state index contributed by atoms with van der Waals surface area (Å²) in [6.45, 7) is 1.97. The monoisotopic (exact) mass is 278 g/mol. The number of amides is 1. The molecule has 1 aromatic heterocycles. The first kappa shape index (κ1) is 13.1. The Kier molecular flexibility index (Phi) is 3.28. The zero-order chi connectivity index (χ0) is 14.8. The molecule has 4 heteroatoms. The van der Waals surface area contributed by atoms with Gasteiger partial charge in [0.05, 0.1) is 5.52 Å². The van der Waals surface area contributed by atoms with E-state index in [1.165, 1.54) is 6.07 Å². The standard InChI is InChI=1S/C17H14N2O2/c1-11-4-2-5-12(10-11)18-17(21)14-6-3-7-15-13(14)8-9-16(20)19-15/h2-10H,1H3,(H,18,21)(H,19,20). The number of carbonyl (C=O) groups excluding carboxylic acids is 1. The number of anilines is 1. The maximum absolute atomic E-state index is 12.4. The number of pyridine rings is 1. The van der Waals surface area contributed by atoms with E-state index < -0.39 is 0 Å². The highest BCUT2D eigenvalue weighted by Gasteiger charge is 2.11. The van der Waals surface area contributed by atoms with Gasteiger partial charge in [0.1, 0.15) is 0 Å². The van der Waals surface area contributed by atoms with Gasteiger partial charge in [0.2, 0.25) is 5.88 Å². The van der Waals surface area contributed by atoms with Crippen LogP contribution in [0.25, 0.3) is 10.9 Å². The second kappa shape index (κ2) is 5.25. The van der Waals surface area contributed by atoms with Crippen molar-refractivity contribution in [1.82, 2.24) is 4.98 Å². The molecule has 0 saturated heterocycles. The van der Waals surface area contributed by atoms with Crippen molar-refractivity contribution in [3.05, 3.63) is 65.7 Å². The van der Waals surface area contributed by atoms with Crippen molar-refractivity contribution in [2.45, 2.75) is 6.92 Å². The summed E-state index contributed by atoms with van der Waals surface area (Å²) in [5.74, 6) is -0.252. The van der Waals surface area contributed by atoms with E-state index in [2.05, 4.69) is 10.3 Å². The minimum absolute atomic E-state index is 0.0567. The molecule has 0 aliphatic rings. The van der Waals surface area contributed by atoms with E-state index in [1.807, 2.05) is 31.2 Å². The number of aromatic hydroxyl groups is 1. The van der Waals surface area contributed by atoms with Crippen LogP contribution in [-0.2, 0) is 0 Å². The zero-order valence-electron chi connectivity index (χ0n) is 11.5. The second-order valence-electron chi connectivity index (χ2n) is 4.87. The van der Waals surface area contributed by atoms with Crippen LogP contribution < -0.4 is 5.32 Å². The maximum Gasteiger partial charge on any atom is 0.256 e. The van der Waals surface area contributed by atoms with Crippen LogP contribution in [0.1, 0.15) is 15.9 Å². The van der Waals surface area contributed by atoms with Crippen LogP contribution in [0.2, 0.25) is 0 Å². The van der Waals surface area contributed by atoms with Gasteiger partial charge in [-0.1, -0.05) is 18.2 Å². The van der Waals surface area contributed by atoms with Gasteiger partial charge in [-0.3, -0.25) is 4.79 Å². The summed E-state index contributed by atoms with van der Waals surface area (Å²) in [6, 6.07) is 16.1. The minimum Gasteiger partial charge on any atom is -0.493 e. The molecule has 0 spiro atoms. The van der Waals surface area contributed by atoms with Gasteiger partial charge in [0.15, 0.2) is 0 Å². The topological polar surface area (TPSA) is 62.2 Å². The third-order valence-corrected chi connectivity index (χ3v) is 3.24. The van der Waals surface area contributed by atoms with Gasteiger partial charge < -0.3 is 10.4 Å². The molecule has 1 heterocycles. The lowest BCUT2D eigenvalue weighted by Gasteiger charge is -2.08. The molecule has 0 aliphatic heterocycles. The summed E-state index contributed by atoms with van der Waals surface area (Å²) in [6.07, 6.45) is 0. The van der Waals surface area contributed by atoms with Crippen LogP contribution >= 0.6 is 0 Å². The van der Waals surface area contributed by atoms with Crippen molar-refractivity contribution in [3.63, 3.8) is 0 Å². The van der Waals surface area contributed by atoms with Gasteiger partial charge in [0, 0.05) is 22.7 Å². The average molecular weight is 278 g/mol. The molecule has 0 bridgehead atoms. The van der Waals surface area contributed by atoms with Crippen LogP contribution in [0, 0.1) is 6.92 Å². The number of benzene rings is 2. The fraction of sp³-hybridized carbons (Fsp3) is 0.0588. The molecule has 0 fully saturated rings. The molecule has 4 nitrogen and oxygen atoms in total. The number of nitrogens with one attached hydrogen (secondary N) is 1. The molecule has 2 aromatic carbocycles. The summed E-state index contributed by atoms with van der Waals surface area (Å²) in [7, 11) is 0. The predicted octanol–water partition coefficient (Wildman–Crippen LogP) is 3.50. The predicted molar refractivity (Wildman–Crippen MR) is 82.5 cm³/mol. The number of fused-ring (bicyclic) bond motifs is 1. The third-order valence-electron chi connectivity index (χ3n) is 3.24. The number of hydrogen-bond donors (Lipinski definition) is 2. The molecule has 0 unspecified atom stereocenters. The lowest BCUT2D eigenvalue weighted by atomic mass is 10.1. The molecule has 0 aliphatic carbocycles. The molecule has 1 amide bonds. The van der Waals surface area contributed by atoms with Crippen molar-refractivity contribution in [3.8, 4) is 5.88 Å². The summed E-state index contributed by atoms with van der Waals surface area (Å²) >= 11 is 0. The lowest BCUT2D eigenvalue weighted by Crippen LogP contribution is -2.12. The SMILES string of the molecule is Cc1cccc(NC(=O)c2cccc3nc(O)ccc23)c1. The molecule has 0 radical (unpaired) electrons. The highest BCUT2D eigenvalue weighted by Crippen LogP contribution is 2.21. The van der Waals surface area contributed by atoms with E-state index in [-0.39, 0.29) is 11.8 Å². The van der Waals surface area contributed by atoms with E-state index in [0.29, 0.717) is 16.5 Å². The van der Waals surface area contributed by atoms with Crippen LogP contribution in [0.4, 0.5) is 5.69 Å². The van der Waals surface area contributed by atoms with E-state index in [9.17, 15) is 9.90 Å². The van der Waals surface area contributed by atoms with Crippen LogP contribution in [0.3, 0.4) is 0 Å². The van der Waals surface area contributed by atoms with Crippen molar-refractivity contribution < 1.29 is 9.90 Å². The summed E-state index contributed by atoms with van der Waals surface area (Å²) < 4.78 is 0. The minimum atomic E-state index is -0.196. The molecule has 0 saturated carbocycles. The third kappa shape index (κ3) is 2.69. The number of carbonyl (C=O) groups is 1. The Bertz CT molecular complexity index is 828. The van der Waals surface area contributed by atoms with Crippen molar-refractivity contribution >= 4 is 22.5 Å². The Hall–Kier alpha value is -2.88. The Morgan fingerprint density at radius 2 is 1.90 bits per heavy atom. The van der Waals surface area contributed by atoms with E-state index in [1.54, 1.807) is 24.3 Å². The summed E-state index contributed by atoms with van der Waals surface area (Å²) in [5.41, 5.74) is 2.95. The Labute approximate surface area is 122 Å². The van der Waals surface area contributed by atoms with Gasteiger partial charge in [-0.05, 0) is 42.8 Å². The molecule has 3 aromatic rings. The zero-order valence-corrected chi connectivity index (χ0v) is 11.5. The first-order valence-electron chi connectivity index (χ1n) is 6.60. The fourth-order valence-corrected chi connectivity index (χ4v) is 2.26. The first-order valence-corrected chi connectivity index (χ1v) is 6.60. The van der Waals surface area contributed by atoms with E-state index >= 15 is 0 Å². The van der Waals surface area contributed by atoms with Gasteiger partial charge in [-0.25, -0.2) is 4.98 Å². The average Bonchev–Trinajstić information content (AvgIpc) is 2.46. The molecular formula is C17H14N2O2. The highest BCUT2D eigenvalue weighted by atomic mass is 16.3. The fourth-order valence-electron chi connectivity index (χ4n) is 2.26. The van der Waals surface area contributed by atoms with E-state index in [0.717, 1.165) is 11.3 Å². The van der Waals surface area contributed by atoms with E-state index in [4.69, 9.17) is 0 Å². The number of aromatic nitrogens is 1. The first-order chi connectivity index (χ1) is 10.1. The highest BCUT2D eigenvalue weighted by molar-refractivity contribution is 6.12. The molecule has 104 valence electrons. The number of aryl methyl sites for hydroxylation is 1. The van der Waals surface area contributed by atoms with Crippen LogP contribution in [0.15, 0.2) is 54.6 Å². The Morgan fingerprint density at radius 1 is 1.10 bits per heavy atom. The smallest absolute Gasteiger partial charge is 0.256 e. The number of nitrogens with zero attached hydrogens (tertiary/aromatic N) is 1. The second-order valence-corrected chi connectivity index (χ2v) is 4.87. The Balaban J connectivity index is 1.98. The van der Waals surface area contributed by atoms with Crippen molar-refractivity contribution in [2.75, 3.05) is 5.32 Å². The van der Waals surface area contributed by atoms with Gasteiger partial charge in [-0.15, -0.1) is 0 Å². The molecule has 2 N–H and O–H groups in total. The molecule has 0 atom stereocenters. The normalized spacial score (nSPS) is 10.5. The number of hydrogen-bond acceptors (Lipinski definition) is 3. The molecule has 3 rings (SSSR count). The quantitative estimate of drug-likeness (QED) is 0.754. The lowest BCUT2D eigenvalue weighted by molar-refractivity contribution is 0.102. The Morgan fingerprint density at radius 3 is 2.71 bits per heavy atom. The maximum atomic E-state index is 12.4. The van der Waals surface area contributed by atoms with Crippen molar-refractivity contribution in [2.24, 2.45) is 0 Å². The summed E-state index contributed by atoms with van der Waals surface area (Å²) in [5, 5.41) is 13.0. The van der Waals surface area contributed by atoms with Gasteiger partial charge >= 0.3 is 0 Å². The van der Waals surface area contributed by atoms with Crippen LogP contribution in [0.5, 0.6) is 5.88 Å². The largest absolute Gasteiger partial charge is 0.493 e. The summed E-state index contributed by atoms with van der Waals surface area (Å²) in [4.78, 5) is 16.4. The van der Waals surface area contributed by atoms with Crippen molar-refractivity contribution in [1.29, 1.82) is 0 Å². The van der Waals surface area contributed by atoms with Crippen LogP contribution in [-0.4, -0.2) is 16.0 Å².